The summed E-state index contributed by atoms with van der Waals surface area (Å²) >= 11 is 0. The Labute approximate surface area is 60.3 Å². The lowest BCUT2D eigenvalue weighted by molar-refractivity contribution is -0.139. The van der Waals surface area contributed by atoms with Crippen molar-refractivity contribution in [1.82, 2.24) is 0 Å². The number of ether oxygens (including phenoxy) is 1. The van der Waals surface area contributed by atoms with Crippen LogP contribution in [0.5, 0.6) is 0 Å². The van der Waals surface area contributed by atoms with Crippen molar-refractivity contribution in [2.24, 2.45) is 0 Å². The van der Waals surface area contributed by atoms with Crippen molar-refractivity contribution < 1.29 is 14.6 Å². The van der Waals surface area contributed by atoms with Crippen molar-refractivity contribution in [2.75, 3.05) is 13.2 Å². The number of hydrogen-bond acceptors (Lipinski definition) is 3. The smallest absolute Gasteiger partial charge is 0.302 e. The van der Waals surface area contributed by atoms with Gasteiger partial charge in [-0.15, -0.1) is 0 Å². The first-order valence-electron chi connectivity index (χ1n) is 3.06. The second-order valence-corrected chi connectivity index (χ2v) is 2.01. The van der Waals surface area contributed by atoms with E-state index in [0.717, 1.165) is 5.57 Å². The summed E-state index contributed by atoms with van der Waals surface area (Å²) in [7, 11) is 0. The fourth-order valence-corrected chi connectivity index (χ4v) is 0.366. The van der Waals surface area contributed by atoms with E-state index in [1.165, 1.54) is 6.92 Å². The first-order chi connectivity index (χ1) is 4.66. The summed E-state index contributed by atoms with van der Waals surface area (Å²) in [5.74, 6) is -0.304. The monoisotopic (exact) mass is 144 g/mol. The Hall–Kier alpha value is -0.830. The Morgan fingerprint density at radius 3 is 2.60 bits per heavy atom. The molecule has 0 aliphatic carbocycles. The highest BCUT2D eigenvalue weighted by atomic mass is 16.5. The van der Waals surface area contributed by atoms with Crippen LogP contribution in [0.25, 0.3) is 0 Å². The van der Waals surface area contributed by atoms with Gasteiger partial charge in [-0.2, -0.15) is 0 Å². The molecule has 0 radical (unpaired) electrons. The molecule has 3 heteroatoms. The molecule has 0 spiro atoms. The Morgan fingerprint density at radius 1 is 1.60 bits per heavy atom. The standard InChI is InChI=1S/C7H12O3/c1-6(5-8)3-4-10-7(2)9/h3,8H,4-5H2,1-2H3. The number of carbonyl (C=O) groups excluding carboxylic acids is 1. The normalized spacial score (nSPS) is 11.3. The zero-order chi connectivity index (χ0) is 7.98. The molecule has 0 fully saturated rings. The second kappa shape index (κ2) is 4.99. The highest BCUT2D eigenvalue weighted by molar-refractivity contribution is 5.65. The third-order valence-corrected chi connectivity index (χ3v) is 0.968. The SMILES string of the molecule is CC(=O)OCC=C(C)CO. The van der Waals surface area contributed by atoms with E-state index in [4.69, 9.17) is 5.11 Å². The minimum atomic E-state index is -0.304. The molecule has 0 aromatic rings. The summed E-state index contributed by atoms with van der Waals surface area (Å²) in [4.78, 5) is 10.2. The summed E-state index contributed by atoms with van der Waals surface area (Å²) in [5, 5.41) is 8.49. The van der Waals surface area contributed by atoms with Crippen LogP contribution in [-0.2, 0) is 9.53 Å². The Balaban J connectivity index is 3.43. The van der Waals surface area contributed by atoms with E-state index < -0.39 is 0 Å². The lowest BCUT2D eigenvalue weighted by Gasteiger charge is -1.96. The highest BCUT2D eigenvalue weighted by Gasteiger charge is 1.88. The van der Waals surface area contributed by atoms with E-state index >= 15 is 0 Å². The molecule has 0 saturated carbocycles. The molecular weight excluding hydrogens is 132 g/mol. The van der Waals surface area contributed by atoms with Gasteiger partial charge in [0.05, 0.1) is 6.61 Å². The van der Waals surface area contributed by atoms with Gasteiger partial charge in [-0.1, -0.05) is 0 Å². The Morgan fingerprint density at radius 2 is 2.20 bits per heavy atom. The number of esters is 1. The topological polar surface area (TPSA) is 46.5 Å². The first-order valence-corrected chi connectivity index (χ1v) is 3.06. The average molecular weight is 144 g/mol. The van der Waals surface area contributed by atoms with Crippen LogP contribution in [0.2, 0.25) is 0 Å². The van der Waals surface area contributed by atoms with Crippen molar-refractivity contribution in [3.8, 4) is 0 Å². The number of hydrogen-bond donors (Lipinski definition) is 1. The summed E-state index contributed by atoms with van der Waals surface area (Å²) in [5.41, 5.74) is 0.807. The van der Waals surface area contributed by atoms with E-state index in [-0.39, 0.29) is 19.2 Å². The van der Waals surface area contributed by atoms with Crippen LogP contribution in [-0.4, -0.2) is 24.3 Å². The molecule has 0 bridgehead atoms. The number of carbonyl (C=O) groups is 1. The molecule has 0 heterocycles. The van der Waals surface area contributed by atoms with Crippen molar-refractivity contribution in [1.29, 1.82) is 0 Å². The highest BCUT2D eigenvalue weighted by Crippen LogP contribution is 1.89. The molecule has 1 N–H and O–H groups in total. The summed E-state index contributed by atoms with van der Waals surface area (Å²) in [6.45, 7) is 3.38. The van der Waals surface area contributed by atoms with E-state index in [2.05, 4.69) is 4.74 Å². The molecule has 0 atom stereocenters. The predicted octanol–water partition coefficient (Wildman–Crippen LogP) is 0.488. The van der Waals surface area contributed by atoms with Crippen LogP contribution in [0.15, 0.2) is 11.6 Å². The van der Waals surface area contributed by atoms with Gasteiger partial charge in [0.15, 0.2) is 0 Å². The molecule has 0 aromatic heterocycles. The summed E-state index contributed by atoms with van der Waals surface area (Å²) < 4.78 is 4.59. The Bertz CT molecular complexity index is 138. The molecule has 58 valence electrons. The van der Waals surface area contributed by atoms with Crippen molar-refractivity contribution >= 4 is 5.97 Å². The second-order valence-electron chi connectivity index (χ2n) is 2.01. The van der Waals surface area contributed by atoms with Gasteiger partial charge >= 0.3 is 5.97 Å². The molecular formula is C7H12O3. The van der Waals surface area contributed by atoms with Gasteiger partial charge in [0, 0.05) is 6.92 Å². The summed E-state index contributed by atoms with van der Waals surface area (Å²) in [6.07, 6.45) is 1.67. The maximum atomic E-state index is 10.2. The fraction of sp³-hybridized carbons (Fsp3) is 0.571. The largest absolute Gasteiger partial charge is 0.462 e. The predicted molar refractivity (Wildman–Crippen MR) is 37.5 cm³/mol. The lowest BCUT2D eigenvalue weighted by atomic mass is 10.3. The van der Waals surface area contributed by atoms with E-state index in [0.29, 0.717) is 0 Å². The first kappa shape index (κ1) is 9.17. The zero-order valence-corrected chi connectivity index (χ0v) is 6.26. The van der Waals surface area contributed by atoms with Crippen molar-refractivity contribution in [2.45, 2.75) is 13.8 Å². The van der Waals surface area contributed by atoms with Gasteiger partial charge in [0.25, 0.3) is 0 Å². The van der Waals surface area contributed by atoms with Crippen LogP contribution < -0.4 is 0 Å². The van der Waals surface area contributed by atoms with Crippen LogP contribution in [0, 0.1) is 0 Å². The van der Waals surface area contributed by atoms with Crippen LogP contribution in [0.3, 0.4) is 0 Å². The van der Waals surface area contributed by atoms with Gasteiger partial charge in [-0.05, 0) is 18.6 Å². The fourth-order valence-electron chi connectivity index (χ4n) is 0.366. The molecule has 0 aliphatic heterocycles. The van der Waals surface area contributed by atoms with Gasteiger partial charge in [-0.25, -0.2) is 0 Å². The van der Waals surface area contributed by atoms with Crippen LogP contribution in [0.4, 0.5) is 0 Å². The molecule has 10 heavy (non-hydrogen) atoms. The molecule has 0 unspecified atom stereocenters. The maximum Gasteiger partial charge on any atom is 0.302 e. The number of aliphatic hydroxyl groups is 1. The third kappa shape index (κ3) is 5.31. The minimum Gasteiger partial charge on any atom is -0.462 e. The van der Waals surface area contributed by atoms with Gasteiger partial charge in [0.1, 0.15) is 6.61 Å². The number of rotatable bonds is 3. The van der Waals surface area contributed by atoms with Crippen LogP contribution in [0.1, 0.15) is 13.8 Å². The quantitative estimate of drug-likeness (QED) is 0.463. The van der Waals surface area contributed by atoms with E-state index in [9.17, 15) is 4.79 Å². The van der Waals surface area contributed by atoms with Crippen molar-refractivity contribution in [3.63, 3.8) is 0 Å². The van der Waals surface area contributed by atoms with E-state index in [1.807, 2.05) is 0 Å². The molecule has 0 rings (SSSR count). The zero-order valence-electron chi connectivity index (χ0n) is 6.26. The third-order valence-electron chi connectivity index (χ3n) is 0.968. The molecule has 0 aliphatic rings. The van der Waals surface area contributed by atoms with Crippen LogP contribution >= 0.6 is 0 Å². The Kier molecular flexibility index (Phi) is 4.58. The number of aliphatic hydroxyl groups excluding tert-OH is 1. The van der Waals surface area contributed by atoms with Gasteiger partial charge < -0.3 is 9.84 Å². The molecule has 0 aromatic carbocycles. The van der Waals surface area contributed by atoms with Crippen molar-refractivity contribution in [3.05, 3.63) is 11.6 Å². The minimum absolute atomic E-state index is 0.0151. The van der Waals surface area contributed by atoms with Gasteiger partial charge in [0.2, 0.25) is 0 Å². The van der Waals surface area contributed by atoms with E-state index in [1.54, 1.807) is 13.0 Å². The average Bonchev–Trinajstić information content (AvgIpc) is 1.87. The molecule has 3 nitrogen and oxygen atoms in total. The molecule has 0 amide bonds. The lowest BCUT2D eigenvalue weighted by Crippen LogP contribution is -1.99. The van der Waals surface area contributed by atoms with Gasteiger partial charge in [-0.3, -0.25) is 4.79 Å². The maximum absolute atomic E-state index is 10.2. The molecule has 0 saturated heterocycles. The summed E-state index contributed by atoms with van der Waals surface area (Å²) in [6, 6.07) is 0.